The van der Waals surface area contributed by atoms with Crippen LogP contribution in [0.15, 0.2) is 12.3 Å². The summed E-state index contributed by atoms with van der Waals surface area (Å²) < 4.78 is 4.90. The SMILES string of the molecule is CCOC(=O)c1nccc(NC2CCCCCC2)n1. The second-order valence-electron chi connectivity index (χ2n) is 4.82. The first-order chi connectivity index (χ1) is 9.29. The molecule has 0 radical (unpaired) electrons. The molecule has 19 heavy (non-hydrogen) atoms. The van der Waals surface area contributed by atoms with Crippen LogP contribution in [0.1, 0.15) is 56.1 Å². The Morgan fingerprint density at radius 1 is 1.37 bits per heavy atom. The van der Waals surface area contributed by atoms with E-state index in [-0.39, 0.29) is 5.82 Å². The zero-order valence-electron chi connectivity index (χ0n) is 11.4. The third-order valence-electron chi connectivity index (χ3n) is 3.32. The van der Waals surface area contributed by atoms with Gasteiger partial charge in [-0.1, -0.05) is 25.7 Å². The Balaban J connectivity index is 1.99. The van der Waals surface area contributed by atoms with Crippen LogP contribution in [0.4, 0.5) is 5.82 Å². The van der Waals surface area contributed by atoms with Gasteiger partial charge in [0.05, 0.1) is 6.61 Å². The Hall–Kier alpha value is -1.65. The second kappa shape index (κ2) is 7.07. The molecule has 1 aliphatic carbocycles. The standard InChI is InChI=1S/C14H21N3O2/c1-2-19-14(18)13-15-10-9-12(17-13)16-11-7-5-3-4-6-8-11/h9-11H,2-8H2,1H3,(H,15,16,17). The Morgan fingerprint density at radius 2 is 2.11 bits per heavy atom. The molecule has 0 saturated heterocycles. The molecule has 5 heteroatoms. The van der Waals surface area contributed by atoms with Gasteiger partial charge in [0.25, 0.3) is 0 Å². The maximum atomic E-state index is 11.6. The summed E-state index contributed by atoms with van der Waals surface area (Å²) in [5, 5.41) is 3.40. The normalized spacial score (nSPS) is 16.7. The van der Waals surface area contributed by atoms with E-state index in [4.69, 9.17) is 4.74 Å². The first kappa shape index (κ1) is 13.8. The highest BCUT2D eigenvalue weighted by molar-refractivity contribution is 5.85. The third-order valence-corrected chi connectivity index (χ3v) is 3.32. The number of rotatable bonds is 4. The highest BCUT2D eigenvalue weighted by Gasteiger charge is 2.14. The quantitative estimate of drug-likeness (QED) is 0.668. The van der Waals surface area contributed by atoms with Gasteiger partial charge >= 0.3 is 5.97 Å². The van der Waals surface area contributed by atoms with E-state index in [0.717, 1.165) is 0 Å². The predicted octanol–water partition coefficient (Wildman–Crippen LogP) is 2.79. The molecule has 1 N–H and O–H groups in total. The first-order valence-corrected chi connectivity index (χ1v) is 7.06. The lowest BCUT2D eigenvalue weighted by molar-refractivity contribution is 0.0512. The van der Waals surface area contributed by atoms with Crippen LogP contribution in [0, 0.1) is 0 Å². The summed E-state index contributed by atoms with van der Waals surface area (Å²) in [5.41, 5.74) is 0. The maximum absolute atomic E-state index is 11.6. The van der Waals surface area contributed by atoms with Crippen molar-refractivity contribution in [1.29, 1.82) is 0 Å². The number of anilines is 1. The van der Waals surface area contributed by atoms with Crippen molar-refractivity contribution in [3.8, 4) is 0 Å². The highest BCUT2D eigenvalue weighted by atomic mass is 16.5. The number of carbonyl (C=O) groups excluding carboxylic acids is 1. The smallest absolute Gasteiger partial charge is 0.376 e. The van der Waals surface area contributed by atoms with Gasteiger partial charge in [0.2, 0.25) is 5.82 Å². The van der Waals surface area contributed by atoms with Crippen LogP contribution in [0.2, 0.25) is 0 Å². The van der Waals surface area contributed by atoms with Crippen molar-refractivity contribution in [2.24, 2.45) is 0 Å². The average molecular weight is 263 g/mol. The van der Waals surface area contributed by atoms with Crippen molar-refractivity contribution in [3.05, 3.63) is 18.1 Å². The molecule has 0 aromatic carbocycles. The van der Waals surface area contributed by atoms with Gasteiger partial charge in [-0.2, -0.15) is 0 Å². The van der Waals surface area contributed by atoms with Gasteiger partial charge in [0.15, 0.2) is 0 Å². The van der Waals surface area contributed by atoms with E-state index < -0.39 is 5.97 Å². The van der Waals surface area contributed by atoms with Crippen LogP contribution in [-0.2, 0) is 4.74 Å². The maximum Gasteiger partial charge on any atom is 0.376 e. The number of esters is 1. The van der Waals surface area contributed by atoms with Crippen LogP contribution in [-0.4, -0.2) is 28.6 Å². The van der Waals surface area contributed by atoms with Crippen molar-refractivity contribution in [2.75, 3.05) is 11.9 Å². The molecule has 0 amide bonds. The van der Waals surface area contributed by atoms with Crippen molar-refractivity contribution >= 4 is 11.8 Å². The van der Waals surface area contributed by atoms with Crippen molar-refractivity contribution < 1.29 is 9.53 Å². The Bertz CT molecular complexity index is 415. The summed E-state index contributed by atoms with van der Waals surface area (Å²) in [5.74, 6) is 0.373. The number of nitrogens with zero attached hydrogens (tertiary/aromatic N) is 2. The molecule has 1 fully saturated rings. The van der Waals surface area contributed by atoms with Crippen LogP contribution in [0.3, 0.4) is 0 Å². The fraction of sp³-hybridized carbons (Fsp3) is 0.643. The molecule has 1 aromatic heterocycles. The zero-order valence-corrected chi connectivity index (χ0v) is 11.4. The molecule has 0 spiro atoms. The van der Waals surface area contributed by atoms with Gasteiger partial charge < -0.3 is 10.1 Å². The van der Waals surface area contributed by atoms with Gasteiger partial charge in [-0.05, 0) is 25.8 Å². The molecule has 1 heterocycles. The van der Waals surface area contributed by atoms with Crippen LogP contribution in [0.25, 0.3) is 0 Å². The van der Waals surface area contributed by atoms with Gasteiger partial charge in [-0.3, -0.25) is 0 Å². The van der Waals surface area contributed by atoms with Crippen molar-refractivity contribution in [2.45, 2.75) is 51.5 Å². The summed E-state index contributed by atoms with van der Waals surface area (Å²) in [6.45, 7) is 2.11. The minimum absolute atomic E-state index is 0.125. The molecule has 104 valence electrons. The molecular formula is C14H21N3O2. The zero-order chi connectivity index (χ0) is 13.5. The van der Waals surface area contributed by atoms with Gasteiger partial charge in [-0.25, -0.2) is 14.8 Å². The molecule has 0 bridgehead atoms. The minimum Gasteiger partial charge on any atom is -0.460 e. The van der Waals surface area contributed by atoms with Crippen LogP contribution >= 0.6 is 0 Å². The number of nitrogens with one attached hydrogen (secondary N) is 1. The van der Waals surface area contributed by atoms with Gasteiger partial charge in [-0.15, -0.1) is 0 Å². The van der Waals surface area contributed by atoms with E-state index in [0.29, 0.717) is 18.5 Å². The fourth-order valence-corrected chi connectivity index (χ4v) is 2.37. The lowest BCUT2D eigenvalue weighted by atomic mass is 10.1. The van der Waals surface area contributed by atoms with Crippen LogP contribution in [0.5, 0.6) is 0 Å². The van der Waals surface area contributed by atoms with E-state index >= 15 is 0 Å². The largest absolute Gasteiger partial charge is 0.460 e. The number of hydrogen-bond donors (Lipinski definition) is 1. The Kier molecular flexibility index (Phi) is 5.12. The summed E-state index contributed by atoms with van der Waals surface area (Å²) in [6.07, 6.45) is 9.07. The molecule has 1 saturated carbocycles. The van der Waals surface area contributed by atoms with E-state index in [1.807, 2.05) is 0 Å². The number of ether oxygens (including phenoxy) is 1. The monoisotopic (exact) mass is 263 g/mol. The molecule has 0 atom stereocenters. The highest BCUT2D eigenvalue weighted by Crippen LogP contribution is 2.20. The molecule has 5 nitrogen and oxygen atoms in total. The third kappa shape index (κ3) is 4.19. The van der Waals surface area contributed by atoms with E-state index in [9.17, 15) is 4.79 Å². The molecule has 1 aliphatic rings. The summed E-state index contributed by atoms with van der Waals surface area (Å²) in [6, 6.07) is 2.25. The summed E-state index contributed by atoms with van der Waals surface area (Å²) in [4.78, 5) is 19.7. The minimum atomic E-state index is -0.466. The number of carbonyl (C=O) groups is 1. The molecular weight excluding hydrogens is 242 g/mol. The Morgan fingerprint density at radius 3 is 2.79 bits per heavy atom. The topological polar surface area (TPSA) is 64.1 Å². The number of hydrogen-bond acceptors (Lipinski definition) is 5. The van der Waals surface area contributed by atoms with E-state index in [2.05, 4.69) is 15.3 Å². The summed E-state index contributed by atoms with van der Waals surface area (Å²) >= 11 is 0. The molecule has 1 aromatic rings. The molecule has 0 unspecified atom stereocenters. The van der Waals surface area contributed by atoms with Gasteiger partial charge in [0, 0.05) is 12.2 Å². The van der Waals surface area contributed by atoms with Gasteiger partial charge in [0.1, 0.15) is 5.82 Å². The first-order valence-electron chi connectivity index (χ1n) is 7.06. The Labute approximate surface area is 113 Å². The fourth-order valence-electron chi connectivity index (χ4n) is 2.37. The lowest BCUT2D eigenvalue weighted by Gasteiger charge is -2.16. The summed E-state index contributed by atoms with van der Waals surface area (Å²) in [7, 11) is 0. The van der Waals surface area contributed by atoms with Crippen molar-refractivity contribution in [1.82, 2.24) is 9.97 Å². The van der Waals surface area contributed by atoms with E-state index in [1.54, 1.807) is 19.2 Å². The van der Waals surface area contributed by atoms with E-state index in [1.165, 1.54) is 38.5 Å². The lowest BCUT2D eigenvalue weighted by Crippen LogP contribution is -2.20. The predicted molar refractivity (Wildman–Crippen MR) is 73.1 cm³/mol. The van der Waals surface area contributed by atoms with Crippen molar-refractivity contribution in [3.63, 3.8) is 0 Å². The van der Waals surface area contributed by atoms with Crippen LogP contribution < -0.4 is 5.32 Å². The number of aromatic nitrogens is 2. The molecule has 2 rings (SSSR count). The molecule has 0 aliphatic heterocycles. The average Bonchev–Trinajstić information content (AvgIpc) is 2.68. The second-order valence-corrected chi connectivity index (χ2v) is 4.82.